The molecule has 2 unspecified atom stereocenters. The Bertz CT molecular complexity index is 2570. The van der Waals surface area contributed by atoms with E-state index in [4.69, 9.17) is 18.6 Å². The van der Waals surface area contributed by atoms with Crippen molar-refractivity contribution in [3.63, 3.8) is 0 Å². The van der Waals surface area contributed by atoms with Crippen LogP contribution in [-0.4, -0.2) is 62.0 Å². The lowest BCUT2D eigenvalue weighted by atomic mass is 9.99. The van der Waals surface area contributed by atoms with E-state index in [2.05, 4.69) is 0 Å². The van der Waals surface area contributed by atoms with Gasteiger partial charge in [0.1, 0.15) is 29.3 Å². The largest absolute Gasteiger partial charge is 0.486 e. The van der Waals surface area contributed by atoms with Gasteiger partial charge in [0.05, 0.1) is 19.4 Å². The Balaban J connectivity index is 0.886. The summed E-state index contributed by atoms with van der Waals surface area (Å²) >= 11 is 0. The molecular formula is C52H48F4N2O6. The Morgan fingerprint density at radius 3 is 1.41 bits per heavy atom. The molecule has 330 valence electrons. The quantitative estimate of drug-likeness (QED) is 0.0426. The molecule has 0 saturated heterocycles. The van der Waals surface area contributed by atoms with Crippen molar-refractivity contribution >= 4 is 22.9 Å². The number of furan rings is 1. The molecule has 8 nitrogen and oxygen atoms in total. The Hall–Kier alpha value is -6.76. The number of rotatable bonds is 20. The summed E-state index contributed by atoms with van der Waals surface area (Å²) in [5, 5.41) is 0.590. The molecule has 0 fully saturated rings. The van der Waals surface area contributed by atoms with Gasteiger partial charge in [-0.2, -0.15) is 17.6 Å². The zero-order valence-corrected chi connectivity index (χ0v) is 35.4. The Morgan fingerprint density at radius 2 is 0.938 bits per heavy atom. The molecule has 1 heterocycles. The summed E-state index contributed by atoms with van der Waals surface area (Å²) in [7, 11) is 3.45. The molecule has 0 N–H and O–H groups in total. The monoisotopic (exact) mass is 872 g/mol. The van der Waals surface area contributed by atoms with Gasteiger partial charge in [-0.3, -0.25) is 19.4 Å². The Morgan fingerprint density at radius 1 is 0.531 bits per heavy atom. The number of halogens is 4. The van der Waals surface area contributed by atoms with Gasteiger partial charge in [-0.25, -0.2) is 0 Å². The summed E-state index contributed by atoms with van der Waals surface area (Å²) in [6, 6.07) is 44.0. The zero-order chi connectivity index (χ0) is 45.1. The first-order valence-corrected chi connectivity index (χ1v) is 20.9. The number of nitrogens with zero attached hydrogens (tertiary/aromatic N) is 2. The Labute approximate surface area is 369 Å². The van der Waals surface area contributed by atoms with Crippen LogP contribution in [-0.2, 0) is 26.2 Å². The van der Waals surface area contributed by atoms with Gasteiger partial charge in [-0.15, -0.1) is 0 Å². The number of ether oxygens (including phenoxy) is 3. The number of hydrogen-bond acceptors (Lipinski definition) is 8. The molecule has 0 spiro atoms. The van der Waals surface area contributed by atoms with Crippen LogP contribution in [0.5, 0.6) is 11.5 Å². The van der Waals surface area contributed by atoms with Crippen LogP contribution >= 0.6 is 0 Å². The number of alkyl halides is 4. The van der Waals surface area contributed by atoms with Crippen LogP contribution in [0.4, 0.5) is 17.6 Å². The predicted molar refractivity (Wildman–Crippen MR) is 236 cm³/mol. The summed E-state index contributed by atoms with van der Waals surface area (Å²) in [6.45, 7) is 0.454. The Kier molecular flexibility index (Phi) is 14.6. The van der Waals surface area contributed by atoms with Crippen molar-refractivity contribution in [2.75, 3.05) is 40.3 Å². The smallest absolute Gasteiger partial charge is 0.327 e. The van der Waals surface area contributed by atoms with Crippen LogP contribution in [0.15, 0.2) is 174 Å². The number of carbonyl (C=O) groups is 2. The van der Waals surface area contributed by atoms with E-state index in [-0.39, 0.29) is 35.3 Å². The second kappa shape index (κ2) is 20.6. The molecule has 7 aromatic rings. The molecular weight excluding hydrogens is 825 g/mol. The first-order chi connectivity index (χ1) is 30.8. The lowest BCUT2D eigenvalue weighted by Gasteiger charge is -2.24. The van der Waals surface area contributed by atoms with E-state index in [0.717, 1.165) is 11.1 Å². The molecule has 0 saturated carbocycles. The minimum absolute atomic E-state index is 0.101. The van der Waals surface area contributed by atoms with Crippen LogP contribution in [0, 0.1) is 0 Å². The van der Waals surface area contributed by atoms with Crippen LogP contribution < -0.4 is 9.47 Å². The molecule has 0 amide bonds. The average Bonchev–Trinajstić information content (AvgIpc) is 3.79. The van der Waals surface area contributed by atoms with Crippen molar-refractivity contribution in [2.45, 2.75) is 36.9 Å². The average molecular weight is 873 g/mol. The third-order valence-electron chi connectivity index (χ3n) is 10.9. The fourth-order valence-electron chi connectivity index (χ4n) is 7.35. The summed E-state index contributed by atoms with van der Waals surface area (Å²) < 4.78 is 84.5. The highest BCUT2D eigenvalue weighted by atomic mass is 19.3. The van der Waals surface area contributed by atoms with E-state index < -0.39 is 36.0 Å². The summed E-state index contributed by atoms with van der Waals surface area (Å²) in [5.74, 6) is -7.03. The van der Waals surface area contributed by atoms with E-state index >= 15 is 17.6 Å². The minimum Gasteiger partial charge on any atom is -0.486 e. The van der Waals surface area contributed by atoms with Crippen molar-refractivity contribution in [1.29, 1.82) is 0 Å². The maximum Gasteiger partial charge on any atom is 0.327 e. The molecule has 64 heavy (non-hydrogen) atoms. The topological polar surface area (TPSA) is 81.5 Å². The highest BCUT2D eigenvalue weighted by Crippen LogP contribution is 2.39. The van der Waals surface area contributed by atoms with Gasteiger partial charge in [0.15, 0.2) is 0 Å². The highest BCUT2D eigenvalue weighted by Gasteiger charge is 2.35. The first kappa shape index (κ1) is 45.3. The molecule has 0 aliphatic carbocycles. The third kappa shape index (κ3) is 11.6. The molecule has 0 bridgehead atoms. The van der Waals surface area contributed by atoms with Crippen LogP contribution in [0.2, 0.25) is 0 Å². The normalized spacial score (nSPS) is 12.9. The van der Waals surface area contributed by atoms with E-state index in [1.807, 2.05) is 60.7 Å². The van der Waals surface area contributed by atoms with Gasteiger partial charge in [0.25, 0.3) is 11.8 Å². The summed E-state index contributed by atoms with van der Waals surface area (Å²) in [6.07, 6.45) is 1.40. The molecule has 6 aromatic carbocycles. The summed E-state index contributed by atoms with van der Waals surface area (Å²) in [4.78, 5) is 29.2. The predicted octanol–water partition coefficient (Wildman–Crippen LogP) is 11.4. The maximum atomic E-state index is 15.5. The second-order valence-electron chi connectivity index (χ2n) is 15.7. The van der Waals surface area contributed by atoms with E-state index in [1.54, 1.807) is 48.2 Å². The number of esters is 2. The van der Waals surface area contributed by atoms with Crippen molar-refractivity contribution in [3.05, 3.63) is 203 Å². The third-order valence-corrected chi connectivity index (χ3v) is 10.9. The van der Waals surface area contributed by atoms with Gasteiger partial charge < -0.3 is 18.6 Å². The fourth-order valence-corrected chi connectivity index (χ4v) is 7.35. The van der Waals surface area contributed by atoms with Gasteiger partial charge >= 0.3 is 11.9 Å². The van der Waals surface area contributed by atoms with Crippen molar-refractivity contribution in [1.82, 2.24) is 9.80 Å². The molecule has 12 heteroatoms. The van der Waals surface area contributed by atoms with Crippen molar-refractivity contribution in [3.8, 4) is 11.5 Å². The fraction of sp³-hybridized carbons (Fsp3) is 0.231. The molecule has 7 rings (SSSR count). The number of hydrogen-bond donors (Lipinski definition) is 0. The molecule has 2 atom stereocenters. The van der Waals surface area contributed by atoms with Gasteiger partial charge in [-0.05, 0) is 98.0 Å². The van der Waals surface area contributed by atoms with Gasteiger partial charge in [0.2, 0.25) is 0 Å². The molecule has 1 aromatic heterocycles. The molecule has 0 aliphatic rings. The van der Waals surface area contributed by atoms with Crippen molar-refractivity contribution in [2.24, 2.45) is 0 Å². The SMILES string of the molecule is CN(CCC(Oc1ccc(C(F)(F)c2ccccc2)cc1)c1ccccc1)CC(=O)OC(=O)CN(C)CCC(Oc1ccc(C(F)(F)c2ccc3occc3c2)cc1)c1ccccc1. The first-order valence-electron chi connectivity index (χ1n) is 20.9. The van der Waals surface area contributed by atoms with Crippen LogP contribution in [0.25, 0.3) is 11.0 Å². The lowest BCUT2D eigenvalue weighted by molar-refractivity contribution is -0.160. The molecule has 0 aliphatic heterocycles. The maximum absolute atomic E-state index is 15.5. The van der Waals surface area contributed by atoms with Crippen molar-refractivity contribution < 1.29 is 45.8 Å². The van der Waals surface area contributed by atoms with Gasteiger partial charge in [0, 0.05) is 53.6 Å². The highest BCUT2D eigenvalue weighted by molar-refractivity contribution is 5.87. The van der Waals surface area contributed by atoms with Gasteiger partial charge in [-0.1, -0.05) is 91.0 Å². The standard InChI is InChI=1S/C52H48F4N2O6/c1-57(31-28-47(37-12-6-3-7-13-37)62-44-23-18-41(19-24-44)51(53,54)40-16-10-5-11-17-40)35-49(59)64-50(60)36-58(2)32-29-48(38-14-8-4-9-15-38)63-45-25-20-42(21-26-45)52(55,56)43-22-27-46-39(34-43)30-33-61-46/h3-27,30,33-34,47-48H,28-29,31-32,35-36H2,1-2H3. The van der Waals surface area contributed by atoms with Crippen LogP contribution in [0.1, 0.15) is 58.4 Å². The molecule has 0 radical (unpaired) electrons. The summed E-state index contributed by atoms with van der Waals surface area (Å²) in [5.41, 5.74) is 1.68. The van der Waals surface area contributed by atoms with E-state index in [0.29, 0.717) is 48.4 Å². The van der Waals surface area contributed by atoms with E-state index in [9.17, 15) is 9.59 Å². The number of fused-ring (bicyclic) bond motifs is 1. The minimum atomic E-state index is -3.25. The lowest BCUT2D eigenvalue weighted by Crippen LogP contribution is -2.34. The van der Waals surface area contributed by atoms with E-state index in [1.165, 1.54) is 85.1 Å². The zero-order valence-electron chi connectivity index (χ0n) is 35.4. The number of likely N-dealkylation sites (N-methyl/N-ethyl adjacent to an activating group) is 2. The number of benzene rings is 6. The van der Waals surface area contributed by atoms with Crippen LogP contribution in [0.3, 0.4) is 0 Å². The second-order valence-corrected chi connectivity index (χ2v) is 15.7. The number of carbonyl (C=O) groups excluding carboxylic acids is 2.